The number of hydrogen-bond acceptors (Lipinski definition) is 4. The van der Waals surface area contributed by atoms with Crippen molar-refractivity contribution in [1.82, 2.24) is 0 Å². The largest absolute Gasteiger partial charge is 0.493 e. The Bertz CT molecular complexity index is 974. The first-order valence-electron chi connectivity index (χ1n) is 10.3. The normalized spacial score (nSPS) is 13.1. The second-order valence-electron chi connectivity index (χ2n) is 7.34. The van der Waals surface area contributed by atoms with Crippen molar-refractivity contribution in [2.24, 2.45) is 0 Å². The minimum atomic E-state index is 0.299. The van der Waals surface area contributed by atoms with Crippen LogP contribution in [-0.2, 0) is 6.54 Å². The van der Waals surface area contributed by atoms with Gasteiger partial charge in [0.05, 0.1) is 20.8 Å². The zero-order valence-corrected chi connectivity index (χ0v) is 17.5. The maximum absolute atomic E-state index is 5.60. The quantitative estimate of drug-likeness (QED) is 0.551. The average Bonchev–Trinajstić information content (AvgIpc) is 3.27. The Morgan fingerprint density at radius 2 is 1.63 bits per heavy atom. The zero-order chi connectivity index (χ0) is 20.8. The number of nitrogens with two attached hydrogens (primary N) is 1. The molecule has 2 N–H and O–H groups in total. The Balaban J connectivity index is 1.43. The van der Waals surface area contributed by atoms with Crippen LogP contribution in [0.5, 0.6) is 23.0 Å². The fraction of sp³-hybridized carbons (Fsp3) is 0.280. The number of quaternary nitrogens is 1. The van der Waals surface area contributed by atoms with Gasteiger partial charge in [0.25, 0.3) is 0 Å². The van der Waals surface area contributed by atoms with Gasteiger partial charge in [0.1, 0.15) is 6.54 Å². The molecule has 0 fully saturated rings. The van der Waals surface area contributed by atoms with E-state index in [1.807, 2.05) is 18.2 Å². The summed E-state index contributed by atoms with van der Waals surface area (Å²) >= 11 is 0. The molecule has 1 heterocycles. The SMILES string of the molecule is COc1ccc(C[NH2+]CCC(c2ccccc2)c2ccc3c(c2)OCO3)cc1OC. The predicted octanol–water partition coefficient (Wildman–Crippen LogP) is 3.72. The summed E-state index contributed by atoms with van der Waals surface area (Å²) in [6, 6.07) is 23.0. The highest BCUT2D eigenvalue weighted by atomic mass is 16.7. The molecule has 0 aliphatic carbocycles. The first-order valence-corrected chi connectivity index (χ1v) is 10.3. The van der Waals surface area contributed by atoms with Gasteiger partial charge in [-0.25, -0.2) is 0 Å². The molecule has 0 saturated carbocycles. The highest BCUT2D eigenvalue weighted by Crippen LogP contribution is 2.37. The summed E-state index contributed by atoms with van der Waals surface area (Å²) in [7, 11) is 3.32. The molecule has 0 saturated heterocycles. The van der Waals surface area contributed by atoms with Gasteiger partial charge >= 0.3 is 0 Å². The van der Waals surface area contributed by atoms with Crippen LogP contribution in [0.2, 0.25) is 0 Å². The number of ether oxygens (including phenoxy) is 4. The highest BCUT2D eigenvalue weighted by Gasteiger charge is 2.20. The molecule has 1 atom stereocenters. The van der Waals surface area contributed by atoms with Gasteiger partial charge in [-0.05, 0) is 41.5 Å². The van der Waals surface area contributed by atoms with E-state index in [2.05, 4.69) is 53.8 Å². The van der Waals surface area contributed by atoms with Gasteiger partial charge in [0, 0.05) is 17.9 Å². The van der Waals surface area contributed by atoms with Gasteiger partial charge in [-0.1, -0.05) is 36.4 Å². The Morgan fingerprint density at radius 3 is 2.43 bits per heavy atom. The molecule has 0 aromatic heterocycles. The summed E-state index contributed by atoms with van der Waals surface area (Å²) < 4.78 is 21.8. The van der Waals surface area contributed by atoms with E-state index in [0.717, 1.165) is 42.5 Å². The summed E-state index contributed by atoms with van der Waals surface area (Å²) in [5, 5.41) is 2.34. The molecule has 1 unspecified atom stereocenters. The molecule has 3 aromatic rings. The molecule has 30 heavy (non-hydrogen) atoms. The van der Waals surface area contributed by atoms with Crippen LogP contribution in [0.25, 0.3) is 0 Å². The summed E-state index contributed by atoms with van der Waals surface area (Å²) in [5.74, 6) is 3.50. The summed E-state index contributed by atoms with van der Waals surface area (Å²) in [6.07, 6.45) is 1.02. The molecular weight excluding hydrogens is 378 g/mol. The van der Waals surface area contributed by atoms with Crippen molar-refractivity contribution in [2.75, 3.05) is 27.6 Å². The maximum Gasteiger partial charge on any atom is 0.231 e. The van der Waals surface area contributed by atoms with Gasteiger partial charge in [0.15, 0.2) is 23.0 Å². The Hall–Kier alpha value is -3.18. The molecule has 3 aromatic carbocycles. The van der Waals surface area contributed by atoms with E-state index in [-0.39, 0.29) is 0 Å². The van der Waals surface area contributed by atoms with Gasteiger partial charge in [0.2, 0.25) is 6.79 Å². The van der Waals surface area contributed by atoms with Crippen LogP contribution in [-0.4, -0.2) is 27.6 Å². The first-order chi connectivity index (χ1) is 14.8. The van der Waals surface area contributed by atoms with E-state index in [1.165, 1.54) is 16.7 Å². The summed E-state index contributed by atoms with van der Waals surface area (Å²) in [4.78, 5) is 0. The van der Waals surface area contributed by atoms with Crippen molar-refractivity contribution < 1.29 is 24.3 Å². The maximum atomic E-state index is 5.60. The smallest absolute Gasteiger partial charge is 0.231 e. The van der Waals surface area contributed by atoms with Crippen LogP contribution < -0.4 is 24.3 Å². The first kappa shape index (κ1) is 20.1. The number of hydrogen-bond donors (Lipinski definition) is 1. The van der Waals surface area contributed by atoms with Gasteiger partial charge < -0.3 is 24.3 Å². The number of methoxy groups -OCH3 is 2. The Morgan fingerprint density at radius 1 is 0.833 bits per heavy atom. The van der Waals surface area contributed by atoms with Crippen molar-refractivity contribution >= 4 is 0 Å². The zero-order valence-electron chi connectivity index (χ0n) is 17.5. The van der Waals surface area contributed by atoms with Crippen LogP contribution in [0, 0.1) is 0 Å². The number of rotatable bonds is 9. The second kappa shape index (κ2) is 9.55. The fourth-order valence-corrected chi connectivity index (χ4v) is 3.90. The van der Waals surface area contributed by atoms with Crippen molar-refractivity contribution in [3.05, 3.63) is 83.4 Å². The number of fused-ring (bicyclic) bond motifs is 1. The van der Waals surface area contributed by atoms with Crippen LogP contribution in [0.1, 0.15) is 29.0 Å². The van der Waals surface area contributed by atoms with Crippen molar-refractivity contribution in [2.45, 2.75) is 18.9 Å². The summed E-state index contributed by atoms with van der Waals surface area (Å²) in [5.41, 5.74) is 3.79. The third-order valence-electron chi connectivity index (χ3n) is 5.49. The topological polar surface area (TPSA) is 53.5 Å². The molecular formula is C25H28NO4+. The third kappa shape index (κ3) is 4.52. The van der Waals surface area contributed by atoms with Crippen LogP contribution in [0.3, 0.4) is 0 Å². The molecule has 5 nitrogen and oxygen atoms in total. The minimum Gasteiger partial charge on any atom is -0.493 e. The van der Waals surface area contributed by atoms with E-state index in [1.54, 1.807) is 14.2 Å². The molecule has 0 radical (unpaired) electrons. The molecule has 0 spiro atoms. The monoisotopic (exact) mass is 406 g/mol. The standard InChI is InChI=1S/C25H27NO4/c1-27-22-10-8-18(14-24(22)28-2)16-26-13-12-21(19-6-4-3-5-7-19)20-9-11-23-25(15-20)30-17-29-23/h3-11,14-15,21,26H,12-13,16-17H2,1-2H3/p+1. The summed E-state index contributed by atoms with van der Waals surface area (Å²) in [6.45, 7) is 2.19. The molecule has 156 valence electrons. The lowest BCUT2D eigenvalue weighted by Crippen LogP contribution is -2.82. The van der Waals surface area contributed by atoms with E-state index < -0.39 is 0 Å². The molecule has 1 aliphatic rings. The predicted molar refractivity (Wildman–Crippen MR) is 116 cm³/mol. The van der Waals surface area contributed by atoms with Crippen LogP contribution in [0.4, 0.5) is 0 Å². The van der Waals surface area contributed by atoms with Crippen LogP contribution in [0.15, 0.2) is 66.7 Å². The molecule has 1 aliphatic heterocycles. The molecule has 5 heteroatoms. The van der Waals surface area contributed by atoms with Gasteiger partial charge in [-0.15, -0.1) is 0 Å². The van der Waals surface area contributed by atoms with Crippen molar-refractivity contribution in [3.8, 4) is 23.0 Å². The van der Waals surface area contributed by atoms with Gasteiger partial charge in [-0.2, -0.15) is 0 Å². The molecule has 0 amide bonds. The lowest BCUT2D eigenvalue weighted by Gasteiger charge is -2.18. The lowest BCUT2D eigenvalue weighted by molar-refractivity contribution is -0.671. The third-order valence-corrected chi connectivity index (χ3v) is 5.49. The van der Waals surface area contributed by atoms with E-state index in [0.29, 0.717) is 12.7 Å². The van der Waals surface area contributed by atoms with Gasteiger partial charge in [-0.3, -0.25) is 0 Å². The van der Waals surface area contributed by atoms with E-state index >= 15 is 0 Å². The molecule has 4 rings (SSSR count). The molecule has 0 bridgehead atoms. The van der Waals surface area contributed by atoms with E-state index in [4.69, 9.17) is 18.9 Å². The van der Waals surface area contributed by atoms with Crippen LogP contribution >= 0.6 is 0 Å². The average molecular weight is 407 g/mol. The van der Waals surface area contributed by atoms with Crippen molar-refractivity contribution in [1.29, 1.82) is 0 Å². The second-order valence-corrected chi connectivity index (χ2v) is 7.34. The fourth-order valence-electron chi connectivity index (χ4n) is 3.90. The minimum absolute atomic E-state index is 0.299. The highest BCUT2D eigenvalue weighted by molar-refractivity contribution is 5.47. The Kier molecular flexibility index (Phi) is 6.40. The van der Waals surface area contributed by atoms with E-state index in [9.17, 15) is 0 Å². The number of benzene rings is 3. The lowest BCUT2D eigenvalue weighted by atomic mass is 9.88. The Labute approximate surface area is 177 Å². The van der Waals surface area contributed by atoms with Crippen molar-refractivity contribution in [3.63, 3.8) is 0 Å².